The van der Waals surface area contributed by atoms with Gasteiger partial charge in [0.05, 0.1) is 6.04 Å². The van der Waals surface area contributed by atoms with Crippen LogP contribution in [0.25, 0.3) is 0 Å². The maximum Gasteiger partial charge on any atom is 0.237 e. The van der Waals surface area contributed by atoms with Crippen LogP contribution in [0.3, 0.4) is 0 Å². The number of carbonyl (C=O) groups is 1. The first-order valence-electron chi connectivity index (χ1n) is 4.56. The minimum atomic E-state index is -1.07. The number of benzene rings is 1. The molecule has 88 valence electrons. The fourth-order valence-electron chi connectivity index (χ4n) is 1.27. The van der Waals surface area contributed by atoms with E-state index in [1.807, 2.05) is 0 Å². The van der Waals surface area contributed by atoms with Crippen LogP contribution in [0.1, 0.15) is 5.56 Å². The van der Waals surface area contributed by atoms with Gasteiger partial charge in [-0.3, -0.25) is 4.79 Å². The smallest absolute Gasteiger partial charge is 0.237 e. The normalized spacial score (nSPS) is 12.3. The van der Waals surface area contributed by atoms with E-state index < -0.39 is 35.0 Å². The van der Waals surface area contributed by atoms with Crippen molar-refractivity contribution in [1.29, 1.82) is 0 Å². The number of likely N-dealkylation sites (N-methyl/N-ethyl adjacent to an activating group) is 1. The Morgan fingerprint density at radius 1 is 1.38 bits per heavy atom. The van der Waals surface area contributed by atoms with Gasteiger partial charge in [0, 0.05) is 31.2 Å². The lowest BCUT2D eigenvalue weighted by Gasteiger charge is -2.11. The van der Waals surface area contributed by atoms with E-state index in [1.54, 1.807) is 0 Å². The molecule has 6 heteroatoms. The third-order valence-corrected chi connectivity index (χ3v) is 2.11. The van der Waals surface area contributed by atoms with Crippen LogP contribution < -0.4 is 11.1 Å². The predicted octanol–water partition coefficient (Wildman–Crippen LogP) is 0.720. The fraction of sp³-hybridized carbons (Fsp3) is 0.300. The van der Waals surface area contributed by atoms with Gasteiger partial charge in [-0.15, -0.1) is 0 Å². The number of carbonyl (C=O) groups excluding carboxylic acids is 1. The van der Waals surface area contributed by atoms with Crippen molar-refractivity contribution in [2.45, 2.75) is 12.5 Å². The summed E-state index contributed by atoms with van der Waals surface area (Å²) in [7, 11) is 1.36. The molecule has 0 fully saturated rings. The second kappa shape index (κ2) is 4.98. The highest BCUT2D eigenvalue weighted by Crippen LogP contribution is 2.16. The molecule has 0 aliphatic rings. The van der Waals surface area contributed by atoms with Crippen molar-refractivity contribution >= 4 is 5.91 Å². The van der Waals surface area contributed by atoms with Crippen LogP contribution in [-0.2, 0) is 11.2 Å². The molecule has 16 heavy (non-hydrogen) atoms. The molecule has 0 radical (unpaired) electrons. The lowest BCUT2D eigenvalue weighted by atomic mass is 10.0. The molecule has 1 aromatic carbocycles. The number of nitrogens with one attached hydrogen (secondary N) is 1. The molecule has 1 rings (SSSR count). The van der Waals surface area contributed by atoms with E-state index in [0.717, 1.165) is 0 Å². The van der Waals surface area contributed by atoms with E-state index in [0.29, 0.717) is 12.1 Å². The number of amides is 1. The average molecular weight is 232 g/mol. The monoisotopic (exact) mass is 232 g/mol. The zero-order valence-electron chi connectivity index (χ0n) is 8.56. The van der Waals surface area contributed by atoms with Crippen LogP contribution in [0.2, 0.25) is 0 Å². The number of hydrogen-bond donors (Lipinski definition) is 2. The van der Waals surface area contributed by atoms with Crippen molar-refractivity contribution in [3.8, 4) is 0 Å². The first kappa shape index (κ1) is 12.5. The third-order valence-electron chi connectivity index (χ3n) is 2.11. The number of halogens is 3. The van der Waals surface area contributed by atoms with Gasteiger partial charge in [0.25, 0.3) is 0 Å². The van der Waals surface area contributed by atoms with Gasteiger partial charge in [0.2, 0.25) is 5.91 Å². The average Bonchev–Trinajstić information content (AvgIpc) is 2.21. The SMILES string of the molecule is CNC(=O)[C@@H](N)Cc1c(F)cc(F)cc1F. The van der Waals surface area contributed by atoms with Gasteiger partial charge in [0.1, 0.15) is 17.5 Å². The molecule has 0 aliphatic heterocycles. The van der Waals surface area contributed by atoms with Gasteiger partial charge in [-0.1, -0.05) is 0 Å². The van der Waals surface area contributed by atoms with E-state index in [4.69, 9.17) is 5.73 Å². The summed E-state index contributed by atoms with van der Waals surface area (Å²) in [5.41, 5.74) is 5.01. The van der Waals surface area contributed by atoms with E-state index in [2.05, 4.69) is 5.32 Å². The van der Waals surface area contributed by atoms with E-state index in [9.17, 15) is 18.0 Å². The summed E-state index contributed by atoms with van der Waals surface area (Å²) >= 11 is 0. The summed E-state index contributed by atoms with van der Waals surface area (Å²) in [6, 6.07) is 0.0312. The third kappa shape index (κ3) is 2.73. The van der Waals surface area contributed by atoms with Crippen LogP contribution in [0.5, 0.6) is 0 Å². The highest BCUT2D eigenvalue weighted by Gasteiger charge is 2.18. The molecule has 0 aromatic heterocycles. The van der Waals surface area contributed by atoms with Crippen molar-refractivity contribution in [1.82, 2.24) is 5.32 Å². The van der Waals surface area contributed by atoms with Crippen LogP contribution in [0.4, 0.5) is 13.2 Å². The van der Waals surface area contributed by atoms with Crippen LogP contribution >= 0.6 is 0 Å². The molecule has 1 amide bonds. The van der Waals surface area contributed by atoms with E-state index in [1.165, 1.54) is 7.05 Å². The van der Waals surface area contributed by atoms with Crippen molar-refractivity contribution in [2.75, 3.05) is 7.05 Å². The summed E-state index contributed by atoms with van der Waals surface area (Å²) in [6.07, 6.45) is -0.322. The summed E-state index contributed by atoms with van der Waals surface area (Å²) in [4.78, 5) is 11.1. The lowest BCUT2D eigenvalue weighted by Crippen LogP contribution is -2.40. The molecule has 3 N–H and O–H groups in total. The molecule has 1 atom stereocenters. The van der Waals surface area contributed by atoms with E-state index >= 15 is 0 Å². The Bertz CT molecular complexity index is 386. The standard InChI is InChI=1S/C10H11F3N2O/c1-15-10(16)9(14)4-6-7(12)2-5(11)3-8(6)13/h2-3,9H,4,14H2,1H3,(H,15,16)/t9-/m0/s1. The number of hydrogen-bond acceptors (Lipinski definition) is 2. The molecule has 3 nitrogen and oxygen atoms in total. The Labute approximate surface area is 90.4 Å². The molecule has 1 aromatic rings. The quantitative estimate of drug-likeness (QED) is 0.806. The molecule has 0 heterocycles. The van der Waals surface area contributed by atoms with Gasteiger partial charge in [-0.2, -0.15) is 0 Å². The Hall–Kier alpha value is -1.56. The molecule has 0 aliphatic carbocycles. The maximum absolute atomic E-state index is 13.2. The van der Waals surface area contributed by atoms with Gasteiger partial charge < -0.3 is 11.1 Å². The number of rotatable bonds is 3. The molecule has 0 saturated heterocycles. The van der Waals surface area contributed by atoms with Crippen LogP contribution in [0.15, 0.2) is 12.1 Å². The largest absolute Gasteiger partial charge is 0.358 e. The topological polar surface area (TPSA) is 55.1 Å². The van der Waals surface area contributed by atoms with Gasteiger partial charge in [0.15, 0.2) is 0 Å². The summed E-state index contributed by atoms with van der Waals surface area (Å²) < 4.78 is 38.9. The molecular weight excluding hydrogens is 221 g/mol. The Morgan fingerprint density at radius 3 is 2.31 bits per heavy atom. The first-order chi connectivity index (χ1) is 7.45. The molecule has 0 bridgehead atoms. The summed E-state index contributed by atoms with van der Waals surface area (Å²) in [5, 5.41) is 2.25. The van der Waals surface area contributed by atoms with Crippen molar-refractivity contribution in [3.63, 3.8) is 0 Å². The molecular formula is C10H11F3N2O. The van der Waals surface area contributed by atoms with E-state index in [-0.39, 0.29) is 6.42 Å². The Kier molecular flexibility index (Phi) is 3.89. The molecule has 0 unspecified atom stereocenters. The first-order valence-corrected chi connectivity index (χ1v) is 4.56. The molecule has 0 spiro atoms. The van der Waals surface area contributed by atoms with Crippen LogP contribution in [0, 0.1) is 17.5 Å². The Morgan fingerprint density at radius 2 is 1.88 bits per heavy atom. The van der Waals surface area contributed by atoms with Crippen molar-refractivity contribution < 1.29 is 18.0 Å². The zero-order chi connectivity index (χ0) is 12.3. The number of nitrogens with two attached hydrogens (primary N) is 1. The highest BCUT2D eigenvalue weighted by atomic mass is 19.1. The van der Waals surface area contributed by atoms with Crippen molar-refractivity contribution in [3.05, 3.63) is 35.1 Å². The zero-order valence-corrected chi connectivity index (χ0v) is 8.56. The maximum atomic E-state index is 13.2. The van der Waals surface area contributed by atoms with Gasteiger partial charge in [-0.05, 0) is 0 Å². The summed E-state index contributed by atoms with van der Waals surface area (Å²) in [6.45, 7) is 0. The summed E-state index contributed by atoms with van der Waals surface area (Å²) in [5.74, 6) is -3.64. The minimum Gasteiger partial charge on any atom is -0.358 e. The van der Waals surface area contributed by atoms with Crippen LogP contribution in [-0.4, -0.2) is 19.0 Å². The van der Waals surface area contributed by atoms with Crippen molar-refractivity contribution in [2.24, 2.45) is 5.73 Å². The second-order valence-electron chi connectivity index (χ2n) is 3.27. The minimum absolute atomic E-state index is 0.322. The predicted molar refractivity (Wildman–Crippen MR) is 52.1 cm³/mol. The lowest BCUT2D eigenvalue weighted by molar-refractivity contribution is -0.121. The highest BCUT2D eigenvalue weighted by molar-refractivity contribution is 5.81. The molecule has 0 saturated carbocycles. The van der Waals surface area contributed by atoms with Gasteiger partial charge in [-0.25, -0.2) is 13.2 Å². The second-order valence-corrected chi connectivity index (χ2v) is 3.27. The fourth-order valence-corrected chi connectivity index (χ4v) is 1.27. The Balaban J connectivity index is 2.93. The van der Waals surface area contributed by atoms with Gasteiger partial charge >= 0.3 is 0 Å².